The maximum atomic E-state index is 12.1. The Bertz CT molecular complexity index is 1060. The highest BCUT2D eigenvalue weighted by Crippen LogP contribution is 2.42. The molecular weight excluding hydrogens is 466 g/mol. The van der Waals surface area contributed by atoms with Gasteiger partial charge in [0, 0.05) is 34.3 Å². The summed E-state index contributed by atoms with van der Waals surface area (Å²) in [6.45, 7) is 2.27. The minimum absolute atomic E-state index is 0.145. The molecule has 2 aromatic rings. The summed E-state index contributed by atoms with van der Waals surface area (Å²) in [6, 6.07) is 14.2. The van der Waals surface area contributed by atoms with E-state index >= 15 is 0 Å². The molecule has 1 fully saturated rings. The number of likely N-dealkylation sites (tertiary alicyclic amines) is 1. The van der Waals surface area contributed by atoms with Crippen LogP contribution < -0.4 is 0 Å². The predicted octanol–water partition coefficient (Wildman–Crippen LogP) is 3.97. The number of carbonyl (C=O) groups is 3. The number of rotatable bonds is 5. The first-order chi connectivity index (χ1) is 15.9. The van der Waals surface area contributed by atoms with Gasteiger partial charge in [0.1, 0.15) is 0 Å². The fourth-order valence-corrected chi connectivity index (χ4v) is 5.50. The Morgan fingerprint density at radius 2 is 1.97 bits per heavy atom. The first kappa shape index (κ1) is 23.8. The highest BCUT2D eigenvalue weighted by molar-refractivity contribution is 7.99. The first-order valence-electron chi connectivity index (χ1n) is 10.8. The number of carboxylic acids is 1. The Balaban J connectivity index is 1.38. The molecule has 2 unspecified atom stereocenters. The molecule has 1 N–H and O–H groups in total. The van der Waals surface area contributed by atoms with E-state index in [1.54, 1.807) is 11.8 Å². The van der Waals surface area contributed by atoms with Gasteiger partial charge < -0.3 is 19.5 Å². The molecule has 33 heavy (non-hydrogen) atoms. The van der Waals surface area contributed by atoms with Crippen LogP contribution in [0.2, 0.25) is 5.02 Å². The monoisotopic (exact) mass is 489 g/mol. The third kappa shape index (κ3) is 5.95. The van der Waals surface area contributed by atoms with Gasteiger partial charge in [-0.05, 0) is 54.8 Å². The van der Waals surface area contributed by atoms with E-state index in [0.29, 0.717) is 31.1 Å². The van der Waals surface area contributed by atoms with Gasteiger partial charge in [-0.3, -0.25) is 4.79 Å². The van der Waals surface area contributed by atoms with Crippen molar-refractivity contribution in [3.8, 4) is 0 Å². The average molecular weight is 490 g/mol. The number of nitrogens with zero attached hydrogens (tertiary/aromatic N) is 1. The zero-order chi connectivity index (χ0) is 23.4. The van der Waals surface area contributed by atoms with E-state index in [4.69, 9.17) is 21.4 Å². The summed E-state index contributed by atoms with van der Waals surface area (Å²) in [4.78, 5) is 38.3. The lowest BCUT2D eigenvalue weighted by Crippen LogP contribution is -2.41. The number of carboxylic acid groups (broad SMARTS) is 1. The maximum absolute atomic E-state index is 12.1. The second-order valence-corrected chi connectivity index (χ2v) is 9.63. The second kappa shape index (κ2) is 10.7. The summed E-state index contributed by atoms with van der Waals surface area (Å²) in [7, 11) is 0. The van der Waals surface area contributed by atoms with Crippen molar-refractivity contribution in [2.45, 2.75) is 35.2 Å². The topological polar surface area (TPSA) is 93.1 Å². The summed E-state index contributed by atoms with van der Waals surface area (Å²) in [6.07, 6.45) is 1.91. The van der Waals surface area contributed by atoms with Crippen LogP contribution in [0.1, 0.15) is 30.1 Å². The molecule has 2 aromatic carbocycles. The molecule has 4 rings (SSSR count). The average Bonchev–Trinajstić information content (AvgIpc) is 2.95. The molecule has 0 bridgehead atoms. The number of carbonyl (C=O) groups excluding carboxylic acids is 2. The predicted molar refractivity (Wildman–Crippen MR) is 122 cm³/mol. The van der Waals surface area contributed by atoms with Crippen molar-refractivity contribution in [1.29, 1.82) is 0 Å². The number of esters is 2. The summed E-state index contributed by atoms with van der Waals surface area (Å²) >= 11 is 8.00. The van der Waals surface area contributed by atoms with E-state index in [2.05, 4.69) is 21.8 Å². The highest BCUT2D eigenvalue weighted by Gasteiger charge is 2.30. The summed E-state index contributed by atoms with van der Waals surface area (Å²) < 4.78 is 10.8. The largest absolute Gasteiger partial charge is 0.473 e. The molecule has 0 amide bonds. The standard InChI is InChI=1S/C24H24ClNO6S/c25-17-7-8-21-18(13-17)19(12-15-4-1-2-6-20(15)33-21)31-11-10-26-9-3-5-16(14-26)23(29)32-24(30)22(27)28/h1-2,4,6-8,13,16,19H,3,5,9-12,14H2,(H,27,28). The van der Waals surface area contributed by atoms with Gasteiger partial charge in [0.15, 0.2) is 0 Å². The van der Waals surface area contributed by atoms with E-state index in [1.165, 1.54) is 10.5 Å². The molecule has 2 atom stereocenters. The third-order valence-electron chi connectivity index (χ3n) is 5.85. The van der Waals surface area contributed by atoms with Crippen molar-refractivity contribution in [3.05, 3.63) is 58.6 Å². The normalized spacial score (nSPS) is 20.3. The van der Waals surface area contributed by atoms with E-state index in [0.717, 1.165) is 29.8 Å². The minimum Gasteiger partial charge on any atom is -0.473 e. The Morgan fingerprint density at radius 3 is 2.79 bits per heavy atom. The van der Waals surface area contributed by atoms with E-state index in [1.807, 2.05) is 30.3 Å². The van der Waals surface area contributed by atoms with Crippen molar-refractivity contribution >= 4 is 41.3 Å². The lowest BCUT2D eigenvalue weighted by Gasteiger charge is -2.31. The van der Waals surface area contributed by atoms with E-state index < -0.39 is 23.8 Å². The number of piperidine rings is 1. The molecule has 2 aliphatic rings. The number of benzene rings is 2. The van der Waals surface area contributed by atoms with Gasteiger partial charge in [-0.15, -0.1) is 0 Å². The summed E-state index contributed by atoms with van der Waals surface area (Å²) in [5.74, 6) is -4.62. The molecular formula is C24H24ClNO6S. The van der Waals surface area contributed by atoms with Crippen LogP contribution in [0.25, 0.3) is 0 Å². The Labute approximate surface area is 201 Å². The van der Waals surface area contributed by atoms with Crippen LogP contribution in [0.3, 0.4) is 0 Å². The van der Waals surface area contributed by atoms with Gasteiger partial charge >= 0.3 is 17.9 Å². The molecule has 0 spiro atoms. The summed E-state index contributed by atoms with van der Waals surface area (Å²) in [5.41, 5.74) is 2.29. The number of fused-ring (bicyclic) bond motifs is 2. The zero-order valence-electron chi connectivity index (χ0n) is 17.9. The van der Waals surface area contributed by atoms with Gasteiger partial charge in [0.25, 0.3) is 0 Å². The van der Waals surface area contributed by atoms with Gasteiger partial charge in [-0.25, -0.2) is 9.59 Å². The second-order valence-electron chi connectivity index (χ2n) is 8.11. The van der Waals surface area contributed by atoms with Crippen LogP contribution >= 0.6 is 23.4 Å². The van der Waals surface area contributed by atoms with Gasteiger partial charge in [0.05, 0.1) is 18.6 Å². The van der Waals surface area contributed by atoms with Crippen LogP contribution in [0.15, 0.2) is 52.3 Å². The zero-order valence-corrected chi connectivity index (χ0v) is 19.4. The number of ether oxygens (including phenoxy) is 2. The van der Waals surface area contributed by atoms with Crippen molar-refractivity contribution in [1.82, 2.24) is 4.90 Å². The molecule has 2 heterocycles. The molecule has 0 aliphatic carbocycles. The fraction of sp³-hybridized carbons (Fsp3) is 0.375. The van der Waals surface area contributed by atoms with Crippen LogP contribution in [-0.4, -0.2) is 54.2 Å². The summed E-state index contributed by atoms with van der Waals surface area (Å²) in [5, 5.41) is 9.29. The number of hydrogen-bond acceptors (Lipinski definition) is 7. The van der Waals surface area contributed by atoms with E-state index in [-0.39, 0.29) is 6.10 Å². The Kier molecular flexibility index (Phi) is 7.70. The van der Waals surface area contributed by atoms with E-state index in [9.17, 15) is 14.4 Å². The number of hydrogen-bond donors (Lipinski definition) is 1. The van der Waals surface area contributed by atoms with Crippen LogP contribution in [0.4, 0.5) is 0 Å². The van der Waals surface area contributed by atoms with Crippen molar-refractivity contribution in [2.24, 2.45) is 5.92 Å². The Hall–Kier alpha value is -2.39. The maximum Gasteiger partial charge on any atom is 0.424 e. The molecule has 0 aromatic heterocycles. The van der Waals surface area contributed by atoms with Gasteiger partial charge in [0.2, 0.25) is 0 Å². The quantitative estimate of drug-likeness (QED) is 0.383. The van der Waals surface area contributed by atoms with Crippen molar-refractivity contribution in [3.63, 3.8) is 0 Å². The third-order valence-corrected chi connectivity index (χ3v) is 7.29. The molecule has 9 heteroatoms. The van der Waals surface area contributed by atoms with Crippen molar-refractivity contribution in [2.75, 3.05) is 26.2 Å². The molecule has 1 saturated heterocycles. The van der Waals surface area contributed by atoms with Crippen LogP contribution in [0.5, 0.6) is 0 Å². The lowest BCUT2D eigenvalue weighted by atomic mass is 9.98. The molecule has 174 valence electrons. The number of aliphatic carboxylic acids is 1. The molecule has 2 aliphatic heterocycles. The first-order valence-corrected chi connectivity index (χ1v) is 12.0. The highest BCUT2D eigenvalue weighted by atomic mass is 35.5. The lowest BCUT2D eigenvalue weighted by molar-refractivity contribution is -0.173. The molecule has 7 nitrogen and oxygen atoms in total. The fourth-order valence-electron chi connectivity index (χ4n) is 4.21. The molecule has 0 radical (unpaired) electrons. The smallest absolute Gasteiger partial charge is 0.424 e. The number of halogens is 1. The SMILES string of the molecule is O=C(O)C(=O)OC(=O)C1CCCN(CCOC2Cc3ccccc3Sc3ccc(Cl)cc32)C1. The molecule has 0 saturated carbocycles. The van der Waals surface area contributed by atoms with Gasteiger partial charge in [-0.1, -0.05) is 41.6 Å². The minimum atomic E-state index is -1.77. The van der Waals surface area contributed by atoms with Crippen LogP contribution in [0, 0.1) is 5.92 Å². The Morgan fingerprint density at radius 1 is 1.15 bits per heavy atom. The van der Waals surface area contributed by atoms with Crippen LogP contribution in [-0.2, 0) is 30.3 Å². The van der Waals surface area contributed by atoms with Gasteiger partial charge in [-0.2, -0.15) is 0 Å². The van der Waals surface area contributed by atoms with Crippen molar-refractivity contribution < 1.29 is 29.0 Å².